The van der Waals surface area contributed by atoms with Crippen molar-refractivity contribution in [1.82, 2.24) is 19.6 Å². The number of rotatable bonds is 4. The zero-order valence-corrected chi connectivity index (χ0v) is 13.7. The smallest absolute Gasteiger partial charge is 0.257 e. The van der Waals surface area contributed by atoms with Gasteiger partial charge in [0.1, 0.15) is 12.1 Å². The summed E-state index contributed by atoms with van der Waals surface area (Å²) in [6, 6.07) is 16.3. The van der Waals surface area contributed by atoms with Gasteiger partial charge in [0.25, 0.3) is 5.78 Å². The van der Waals surface area contributed by atoms with Crippen LogP contribution in [0.4, 0.5) is 17.2 Å². The molecule has 2 heterocycles. The highest BCUT2D eigenvalue weighted by atomic mass is 15.3. The van der Waals surface area contributed by atoms with Crippen molar-refractivity contribution in [2.24, 2.45) is 5.92 Å². The van der Waals surface area contributed by atoms with Crippen LogP contribution in [0.5, 0.6) is 0 Å². The molecule has 124 valence electrons. The zero-order chi connectivity index (χ0) is 16.8. The number of hydrogen-bond donors (Lipinski definition) is 1. The highest BCUT2D eigenvalue weighted by molar-refractivity contribution is 5.95. The van der Waals surface area contributed by atoms with E-state index in [9.17, 15) is 0 Å². The predicted molar refractivity (Wildman–Crippen MR) is 98.9 cm³/mol. The average molecular weight is 330 g/mol. The van der Waals surface area contributed by atoms with Crippen molar-refractivity contribution in [2.75, 3.05) is 17.2 Å². The van der Waals surface area contributed by atoms with Gasteiger partial charge in [-0.2, -0.15) is 4.98 Å². The Labute approximate surface area is 144 Å². The highest BCUT2D eigenvalue weighted by Gasteiger charge is 2.27. The fraction of sp³-hybridized carbons (Fsp3) is 0.211. The number of nitrogens with two attached hydrogens (primary N) is 1. The normalized spacial score (nSPS) is 14.2. The Morgan fingerprint density at radius 3 is 2.76 bits per heavy atom. The van der Waals surface area contributed by atoms with Gasteiger partial charge in [0.2, 0.25) is 0 Å². The number of anilines is 3. The quantitative estimate of drug-likeness (QED) is 0.581. The fourth-order valence-electron chi connectivity index (χ4n) is 3.25. The maximum atomic E-state index is 6.02. The highest BCUT2D eigenvalue weighted by Crippen LogP contribution is 2.37. The molecule has 4 aromatic rings. The lowest BCUT2D eigenvalue weighted by Crippen LogP contribution is -2.21. The maximum absolute atomic E-state index is 6.02. The van der Waals surface area contributed by atoms with Gasteiger partial charge in [-0.1, -0.05) is 18.2 Å². The second-order valence-electron chi connectivity index (χ2n) is 6.60. The van der Waals surface area contributed by atoms with Crippen molar-refractivity contribution in [1.29, 1.82) is 0 Å². The Hall–Kier alpha value is -3.15. The molecule has 0 amide bonds. The molecule has 6 nitrogen and oxygen atoms in total. The van der Waals surface area contributed by atoms with E-state index in [1.165, 1.54) is 12.8 Å². The van der Waals surface area contributed by atoms with Gasteiger partial charge < -0.3 is 10.6 Å². The molecule has 0 unspecified atom stereocenters. The molecule has 1 saturated carbocycles. The zero-order valence-electron chi connectivity index (χ0n) is 13.7. The maximum Gasteiger partial charge on any atom is 0.257 e. The molecule has 1 aliphatic rings. The Morgan fingerprint density at radius 2 is 1.96 bits per heavy atom. The van der Waals surface area contributed by atoms with Gasteiger partial charge in [0.15, 0.2) is 0 Å². The second-order valence-corrected chi connectivity index (χ2v) is 6.60. The molecule has 2 N–H and O–H groups in total. The van der Waals surface area contributed by atoms with Crippen molar-refractivity contribution in [2.45, 2.75) is 12.8 Å². The molecule has 5 rings (SSSR count). The van der Waals surface area contributed by atoms with Gasteiger partial charge >= 0.3 is 0 Å². The first-order chi connectivity index (χ1) is 12.3. The van der Waals surface area contributed by atoms with E-state index in [2.05, 4.69) is 39.4 Å². The average Bonchev–Trinajstić information content (AvgIpc) is 3.34. The summed E-state index contributed by atoms with van der Waals surface area (Å²) in [5.41, 5.74) is 8.86. The first-order valence-corrected chi connectivity index (χ1v) is 8.51. The van der Waals surface area contributed by atoms with Crippen molar-refractivity contribution in [3.05, 3.63) is 54.9 Å². The Kier molecular flexibility index (Phi) is 3.09. The number of hydrogen-bond acceptors (Lipinski definition) is 5. The van der Waals surface area contributed by atoms with E-state index in [0.717, 1.165) is 34.9 Å². The summed E-state index contributed by atoms with van der Waals surface area (Å²) >= 11 is 0. The molecule has 2 aromatic heterocycles. The molecule has 2 aromatic carbocycles. The molecule has 0 bridgehead atoms. The van der Waals surface area contributed by atoms with Crippen LogP contribution in [0.15, 0.2) is 54.9 Å². The molecule has 0 atom stereocenters. The van der Waals surface area contributed by atoms with E-state index < -0.39 is 0 Å². The van der Waals surface area contributed by atoms with Crippen LogP contribution in [-0.2, 0) is 0 Å². The van der Waals surface area contributed by atoms with E-state index in [1.54, 1.807) is 6.33 Å². The summed E-state index contributed by atoms with van der Waals surface area (Å²) in [6.45, 7) is 0.959. The van der Waals surface area contributed by atoms with Crippen LogP contribution in [0, 0.1) is 5.92 Å². The van der Waals surface area contributed by atoms with Crippen LogP contribution in [0.25, 0.3) is 16.7 Å². The minimum Gasteiger partial charge on any atom is -0.399 e. The van der Waals surface area contributed by atoms with Crippen molar-refractivity contribution in [3.63, 3.8) is 0 Å². The van der Waals surface area contributed by atoms with Gasteiger partial charge in [-0.05, 0) is 49.1 Å². The van der Waals surface area contributed by atoms with E-state index in [4.69, 9.17) is 10.7 Å². The van der Waals surface area contributed by atoms with Gasteiger partial charge in [-0.25, -0.2) is 0 Å². The van der Waals surface area contributed by atoms with Crippen LogP contribution in [-0.4, -0.2) is 26.1 Å². The van der Waals surface area contributed by atoms with E-state index in [0.29, 0.717) is 11.5 Å². The van der Waals surface area contributed by atoms with Crippen molar-refractivity contribution < 1.29 is 0 Å². The molecule has 1 fully saturated rings. The molecule has 25 heavy (non-hydrogen) atoms. The van der Waals surface area contributed by atoms with Crippen LogP contribution >= 0.6 is 0 Å². The third kappa shape index (κ3) is 2.46. The van der Waals surface area contributed by atoms with Crippen LogP contribution in [0.1, 0.15) is 12.8 Å². The summed E-state index contributed by atoms with van der Waals surface area (Å²) in [5, 5.41) is 9.23. The molecular weight excluding hydrogens is 312 g/mol. The molecule has 0 aliphatic heterocycles. The molecule has 6 heteroatoms. The van der Waals surface area contributed by atoms with Crippen LogP contribution in [0.3, 0.4) is 0 Å². The monoisotopic (exact) mass is 330 g/mol. The summed E-state index contributed by atoms with van der Waals surface area (Å²) in [6.07, 6.45) is 4.24. The summed E-state index contributed by atoms with van der Waals surface area (Å²) in [4.78, 5) is 7.12. The van der Waals surface area contributed by atoms with E-state index in [-0.39, 0.29) is 0 Å². The van der Waals surface area contributed by atoms with E-state index in [1.807, 2.05) is 28.7 Å². The lowest BCUT2D eigenvalue weighted by molar-refractivity contribution is 0.807. The van der Waals surface area contributed by atoms with Crippen LogP contribution < -0.4 is 10.6 Å². The minimum absolute atomic E-state index is 0.588. The van der Waals surface area contributed by atoms with Gasteiger partial charge in [0.05, 0.1) is 5.52 Å². The van der Waals surface area contributed by atoms with Crippen molar-refractivity contribution >= 4 is 33.9 Å². The summed E-state index contributed by atoms with van der Waals surface area (Å²) in [5.74, 6) is 2.22. The third-order valence-electron chi connectivity index (χ3n) is 4.72. The van der Waals surface area contributed by atoms with Gasteiger partial charge in [-0.3, -0.25) is 4.40 Å². The number of fused-ring (bicyclic) bond motifs is 3. The molecule has 0 saturated heterocycles. The number of nitrogen functional groups attached to an aromatic ring is 1. The van der Waals surface area contributed by atoms with Gasteiger partial charge in [-0.15, -0.1) is 10.2 Å². The number of aromatic nitrogens is 4. The lowest BCUT2D eigenvalue weighted by Gasteiger charge is -2.25. The molecule has 1 aliphatic carbocycles. The minimum atomic E-state index is 0.588. The lowest BCUT2D eigenvalue weighted by atomic mass is 10.1. The Morgan fingerprint density at radius 1 is 1.12 bits per heavy atom. The first-order valence-electron chi connectivity index (χ1n) is 8.51. The molecular formula is C19H18N6. The van der Waals surface area contributed by atoms with Gasteiger partial charge in [0, 0.05) is 23.3 Å². The largest absolute Gasteiger partial charge is 0.399 e. The third-order valence-corrected chi connectivity index (χ3v) is 4.72. The molecule has 0 spiro atoms. The fourth-order valence-corrected chi connectivity index (χ4v) is 3.25. The van der Waals surface area contributed by atoms with Crippen molar-refractivity contribution in [3.8, 4) is 0 Å². The number of benzene rings is 2. The van der Waals surface area contributed by atoms with Crippen LogP contribution in [0.2, 0.25) is 0 Å². The number of nitrogens with zero attached hydrogens (tertiary/aromatic N) is 5. The second kappa shape index (κ2) is 5.44. The molecule has 0 radical (unpaired) electrons. The first kappa shape index (κ1) is 14.2. The SMILES string of the molecule is Nc1ccc2c(N(CC3CC3)c3ccccc3)nc3nncn3c2c1. The number of para-hydroxylation sites is 1. The predicted octanol–water partition coefficient (Wildman–Crippen LogP) is 3.41. The van der Waals surface area contributed by atoms with E-state index >= 15 is 0 Å². The standard InChI is InChI=1S/C19H18N6/c20-14-8-9-16-17(10-14)25-12-21-23-19(25)22-18(16)24(11-13-6-7-13)15-4-2-1-3-5-15/h1-5,8-10,12-13H,6-7,11,20H2. The Bertz CT molecular complexity index is 1050. The summed E-state index contributed by atoms with van der Waals surface area (Å²) in [7, 11) is 0. The Balaban J connectivity index is 1.78. The topological polar surface area (TPSA) is 72.3 Å². The summed E-state index contributed by atoms with van der Waals surface area (Å²) < 4.78 is 1.88.